The highest BCUT2D eigenvalue weighted by atomic mass is 16.4. The Morgan fingerprint density at radius 3 is 2.28 bits per heavy atom. The summed E-state index contributed by atoms with van der Waals surface area (Å²) in [4.78, 5) is 11.5. The smallest absolute Gasteiger partial charge is 0.329 e. The number of carboxylic acid groups (broad SMARTS) is 1. The maximum Gasteiger partial charge on any atom is 0.329 e. The average Bonchev–Trinajstić information content (AvgIpc) is 2.86. The highest BCUT2D eigenvalue weighted by Gasteiger charge is 2.34. The van der Waals surface area contributed by atoms with Crippen LogP contribution in [-0.4, -0.2) is 20.7 Å². The van der Waals surface area contributed by atoms with E-state index in [1.54, 1.807) is 60.3 Å². The van der Waals surface area contributed by atoms with E-state index in [-0.39, 0.29) is 5.75 Å². The molecule has 4 heteroatoms. The predicted octanol–water partition coefficient (Wildman–Crippen LogP) is 2.24. The zero-order valence-corrected chi connectivity index (χ0v) is 10.1. The Morgan fingerprint density at radius 2 is 1.78 bits per heavy atom. The Morgan fingerprint density at radius 1 is 1.22 bits per heavy atom. The molecule has 2 rings (SSSR count). The molecule has 0 unspecified atom stereocenters. The highest BCUT2D eigenvalue weighted by molar-refractivity contribution is 5.76. The molecule has 0 bridgehead atoms. The zero-order valence-electron chi connectivity index (χ0n) is 10.1. The molecule has 0 aliphatic rings. The average molecular weight is 245 g/mol. The van der Waals surface area contributed by atoms with Crippen LogP contribution in [0.5, 0.6) is 5.75 Å². The van der Waals surface area contributed by atoms with Crippen molar-refractivity contribution < 1.29 is 15.0 Å². The SMILES string of the molecule is C[C@](Cc1ccc(O)cc1)(C(=O)O)n1cccc1. The van der Waals surface area contributed by atoms with Crippen LogP contribution < -0.4 is 0 Å². The summed E-state index contributed by atoms with van der Waals surface area (Å²) in [5.41, 5.74) is -0.160. The molecule has 0 fully saturated rings. The second-order valence-corrected chi connectivity index (χ2v) is 4.51. The maximum atomic E-state index is 11.5. The molecule has 1 aromatic heterocycles. The van der Waals surface area contributed by atoms with E-state index in [9.17, 15) is 15.0 Å². The Bertz CT molecular complexity index is 531. The topological polar surface area (TPSA) is 62.5 Å². The van der Waals surface area contributed by atoms with E-state index in [0.717, 1.165) is 5.56 Å². The third kappa shape index (κ3) is 2.22. The monoisotopic (exact) mass is 245 g/mol. The lowest BCUT2D eigenvalue weighted by molar-refractivity contribution is -0.146. The number of benzene rings is 1. The van der Waals surface area contributed by atoms with Gasteiger partial charge in [0.2, 0.25) is 0 Å². The minimum Gasteiger partial charge on any atom is -0.508 e. The minimum absolute atomic E-state index is 0.178. The fourth-order valence-corrected chi connectivity index (χ4v) is 1.95. The van der Waals surface area contributed by atoms with Crippen LogP contribution in [-0.2, 0) is 16.8 Å². The number of aliphatic carboxylic acids is 1. The molecule has 1 aromatic carbocycles. The van der Waals surface area contributed by atoms with Crippen molar-refractivity contribution in [2.75, 3.05) is 0 Å². The van der Waals surface area contributed by atoms with E-state index in [1.807, 2.05) is 0 Å². The molecule has 0 aliphatic heterocycles. The molecule has 18 heavy (non-hydrogen) atoms. The Balaban J connectivity index is 2.32. The van der Waals surface area contributed by atoms with Gasteiger partial charge < -0.3 is 14.8 Å². The molecular weight excluding hydrogens is 230 g/mol. The van der Waals surface area contributed by atoms with Crippen LogP contribution in [0.25, 0.3) is 0 Å². The molecule has 94 valence electrons. The van der Waals surface area contributed by atoms with Crippen molar-refractivity contribution in [3.8, 4) is 5.75 Å². The summed E-state index contributed by atoms with van der Waals surface area (Å²) < 4.78 is 1.68. The van der Waals surface area contributed by atoms with Gasteiger partial charge in [0.15, 0.2) is 0 Å². The van der Waals surface area contributed by atoms with E-state index in [1.165, 1.54) is 0 Å². The third-order valence-corrected chi connectivity index (χ3v) is 3.12. The number of carbonyl (C=O) groups is 1. The van der Waals surface area contributed by atoms with Crippen LogP contribution >= 0.6 is 0 Å². The zero-order chi connectivity index (χ0) is 13.2. The summed E-state index contributed by atoms with van der Waals surface area (Å²) in [6.45, 7) is 1.68. The fourth-order valence-electron chi connectivity index (χ4n) is 1.95. The first kappa shape index (κ1) is 12.2. The van der Waals surface area contributed by atoms with Gasteiger partial charge in [0.25, 0.3) is 0 Å². The van der Waals surface area contributed by atoms with E-state index in [4.69, 9.17) is 0 Å². The highest BCUT2D eigenvalue weighted by Crippen LogP contribution is 2.23. The van der Waals surface area contributed by atoms with Crippen LogP contribution in [0.1, 0.15) is 12.5 Å². The molecule has 4 nitrogen and oxygen atoms in total. The molecule has 2 N–H and O–H groups in total. The Labute approximate surface area is 105 Å². The van der Waals surface area contributed by atoms with Gasteiger partial charge >= 0.3 is 5.97 Å². The summed E-state index contributed by atoms with van der Waals surface area (Å²) in [6, 6.07) is 10.2. The van der Waals surface area contributed by atoms with Crippen molar-refractivity contribution in [2.24, 2.45) is 0 Å². The summed E-state index contributed by atoms with van der Waals surface area (Å²) in [5, 5.41) is 18.7. The van der Waals surface area contributed by atoms with Crippen LogP contribution in [0.4, 0.5) is 0 Å². The summed E-state index contributed by atoms with van der Waals surface area (Å²) in [5.74, 6) is -0.705. The first-order valence-corrected chi connectivity index (χ1v) is 5.67. The summed E-state index contributed by atoms with van der Waals surface area (Å²) >= 11 is 0. The van der Waals surface area contributed by atoms with Crippen molar-refractivity contribution in [1.29, 1.82) is 0 Å². The standard InChI is InChI=1S/C14H15NO3/c1-14(13(17)18,15-8-2-3-9-15)10-11-4-6-12(16)7-5-11/h2-9,16H,10H2,1H3,(H,17,18)/t14-/m0/s1. The number of phenolic OH excluding ortho intramolecular Hbond substituents is 1. The molecule has 1 atom stereocenters. The lowest BCUT2D eigenvalue weighted by atomic mass is 9.92. The van der Waals surface area contributed by atoms with Crippen LogP contribution in [0.15, 0.2) is 48.8 Å². The van der Waals surface area contributed by atoms with Gasteiger partial charge in [-0.3, -0.25) is 0 Å². The first-order chi connectivity index (χ1) is 8.52. The van der Waals surface area contributed by atoms with Crippen LogP contribution in [0.3, 0.4) is 0 Å². The van der Waals surface area contributed by atoms with Gasteiger partial charge in [-0.05, 0) is 36.8 Å². The van der Waals surface area contributed by atoms with Crippen molar-refractivity contribution in [3.63, 3.8) is 0 Å². The molecule has 2 aromatic rings. The lowest BCUT2D eigenvalue weighted by Gasteiger charge is -2.27. The maximum absolute atomic E-state index is 11.5. The number of carboxylic acids is 1. The Kier molecular flexibility index (Phi) is 3.10. The van der Waals surface area contributed by atoms with Gasteiger partial charge in [0.1, 0.15) is 11.3 Å². The number of nitrogens with zero attached hydrogens (tertiary/aromatic N) is 1. The normalized spacial score (nSPS) is 14.1. The number of hydrogen-bond acceptors (Lipinski definition) is 2. The van der Waals surface area contributed by atoms with E-state index < -0.39 is 11.5 Å². The number of hydrogen-bond donors (Lipinski definition) is 2. The minimum atomic E-state index is -1.03. The van der Waals surface area contributed by atoms with Crippen LogP contribution in [0.2, 0.25) is 0 Å². The summed E-state index contributed by atoms with van der Waals surface area (Å²) in [6.07, 6.45) is 3.85. The van der Waals surface area contributed by atoms with Gasteiger partial charge in [0.05, 0.1) is 0 Å². The number of aromatic hydroxyl groups is 1. The molecule has 0 saturated carbocycles. The van der Waals surface area contributed by atoms with Gasteiger partial charge in [0, 0.05) is 18.8 Å². The van der Waals surface area contributed by atoms with E-state index in [2.05, 4.69) is 0 Å². The number of aromatic nitrogens is 1. The lowest BCUT2D eigenvalue weighted by Crippen LogP contribution is -2.40. The fraction of sp³-hybridized carbons (Fsp3) is 0.214. The molecule has 0 spiro atoms. The first-order valence-electron chi connectivity index (χ1n) is 5.67. The van der Waals surface area contributed by atoms with Crippen molar-refractivity contribution >= 4 is 5.97 Å². The van der Waals surface area contributed by atoms with Crippen molar-refractivity contribution in [3.05, 3.63) is 54.4 Å². The van der Waals surface area contributed by atoms with E-state index in [0.29, 0.717) is 6.42 Å². The molecule has 0 amide bonds. The largest absolute Gasteiger partial charge is 0.508 e. The quantitative estimate of drug-likeness (QED) is 0.868. The molecule has 0 radical (unpaired) electrons. The van der Waals surface area contributed by atoms with Gasteiger partial charge in [-0.1, -0.05) is 12.1 Å². The van der Waals surface area contributed by atoms with Gasteiger partial charge in [-0.15, -0.1) is 0 Å². The molecular formula is C14H15NO3. The predicted molar refractivity (Wildman–Crippen MR) is 67.5 cm³/mol. The molecule has 0 aliphatic carbocycles. The second-order valence-electron chi connectivity index (χ2n) is 4.51. The third-order valence-electron chi connectivity index (χ3n) is 3.12. The van der Waals surface area contributed by atoms with E-state index >= 15 is 0 Å². The van der Waals surface area contributed by atoms with Gasteiger partial charge in [-0.25, -0.2) is 4.79 Å². The number of phenols is 1. The number of rotatable bonds is 4. The molecule has 1 heterocycles. The van der Waals surface area contributed by atoms with Crippen molar-refractivity contribution in [2.45, 2.75) is 18.9 Å². The van der Waals surface area contributed by atoms with Crippen molar-refractivity contribution in [1.82, 2.24) is 4.57 Å². The second kappa shape index (κ2) is 4.56. The Hall–Kier alpha value is -2.23. The molecule has 0 saturated heterocycles. The summed E-state index contributed by atoms with van der Waals surface area (Å²) in [7, 11) is 0. The van der Waals surface area contributed by atoms with Gasteiger partial charge in [-0.2, -0.15) is 0 Å². The van der Waals surface area contributed by atoms with Crippen LogP contribution in [0, 0.1) is 0 Å².